The molecule has 0 rings (SSSR count). The summed E-state index contributed by atoms with van der Waals surface area (Å²) in [6, 6.07) is 0. The third kappa shape index (κ3) is 12.2. The summed E-state index contributed by atoms with van der Waals surface area (Å²) in [7, 11) is 0. The predicted molar refractivity (Wildman–Crippen MR) is 71.6 cm³/mol. The van der Waals surface area contributed by atoms with Crippen molar-refractivity contribution in [3.05, 3.63) is 0 Å². The van der Waals surface area contributed by atoms with Gasteiger partial charge < -0.3 is 5.11 Å². The minimum atomic E-state index is -0.0694. The van der Waals surface area contributed by atoms with Crippen LogP contribution in [0.25, 0.3) is 0 Å². The van der Waals surface area contributed by atoms with Crippen LogP contribution in [0.5, 0.6) is 0 Å². The van der Waals surface area contributed by atoms with E-state index in [9.17, 15) is 5.11 Å². The van der Waals surface area contributed by atoms with E-state index < -0.39 is 0 Å². The molecule has 0 saturated heterocycles. The summed E-state index contributed by atoms with van der Waals surface area (Å²) in [5.74, 6) is 0.899. The average Bonchev–Trinajstić information content (AvgIpc) is 2.22. The van der Waals surface area contributed by atoms with Crippen LogP contribution >= 0.6 is 11.8 Å². The number of unbranched alkanes of at least 4 members (excludes halogenated alkanes) is 7. The first-order valence-electron chi connectivity index (χ1n) is 6.48. The lowest BCUT2D eigenvalue weighted by Crippen LogP contribution is -2.08. The minimum Gasteiger partial charge on any atom is -0.392 e. The Hall–Kier alpha value is 0.310. The smallest absolute Gasteiger partial charge is 0.0630 e. The van der Waals surface area contributed by atoms with E-state index in [-0.39, 0.29) is 6.10 Å². The normalized spacial score (nSPS) is 13.0. The molecule has 0 bridgehead atoms. The number of rotatable bonds is 11. The van der Waals surface area contributed by atoms with Crippen LogP contribution in [0.4, 0.5) is 0 Å². The molecule has 1 N–H and O–H groups in total. The lowest BCUT2D eigenvalue weighted by Gasteiger charge is -2.08. The molecule has 0 aromatic carbocycles. The zero-order chi connectivity index (χ0) is 11.4. The molecule has 2 heteroatoms. The molecule has 0 fully saturated rings. The molecular formula is C13H28OS. The van der Waals surface area contributed by atoms with Gasteiger partial charge in [0, 0.05) is 5.75 Å². The highest BCUT2D eigenvalue weighted by Crippen LogP contribution is 2.11. The van der Waals surface area contributed by atoms with Crippen molar-refractivity contribution in [2.75, 3.05) is 12.0 Å². The number of aliphatic hydroxyl groups excluding tert-OH is 1. The van der Waals surface area contributed by atoms with Crippen molar-refractivity contribution >= 4 is 11.8 Å². The SMILES string of the molecule is CCCCCCCCCCC(O)CSC. The van der Waals surface area contributed by atoms with Crippen LogP contribution in [0.15, 0.2) is 0 Å². The Bertz CT molecular complexity index is 117. The first-order valence-corrected chi connectivity index (χ1v) is 7.87. The minimum absolute atomic E-state index is 0.0694. The molecule has 1 atom stereocenters. The second-order valence-corrected chi connectivity index (χ2v) is 5.28. The van der Waals surface area contributed by atoms with E-state index in [0.29, 0.717) is 0 Å². The van der Waals surface area contributed by atoms with Gasteiger partial charge in [0.15, 0.2) is 0 Å². The van der Waals surface area contributed by atoms with Crippen LogP contribution in [0.3, 0.4) is 0 Å². The van der Waals surface area contributed by atoms with Gasteiger partial charge in [0.05, 0.1) is 6.10 Å². The highest BCUT2D eigenvalue weighted by molar-refractivity contribution is 7.98. The van der Waals surface area contributed by atoms with Gasteiger partial charge in [0.25, 0.3) is 0 Å². The highest BCUT2D eigenvalue weighted by atomic mass is 32.2. The fourth-order valence-electron chi connectivity index (χ4n) is 1.79. The van der Waals surface area contributed by atoms with Gasteiger partial charge in [-0.1, -0.05) is 58.3 Å². The van der Waals surface area contributed by atoms with Gasteiger partial charge in [-0.25, -0.2) is 0 Å². The van der Waals surface area contributed by atoms with Crippen molar-refractivity contribution < 1.29 is 5.11 Å². The number of hydrogen-bond donors (Lipinski definition) is 1. The van der Waals surface area contributed by atoms with Crippen molar-refractivity contribution in [2.45, 2.75) is 70.8 Å². The van der Waals surface area contributed by atoms with Gasteiger partial charge >= 0.3 is 0 Å². The quantitative estimate of drug-likeness (QED) is 0.538. The molecule has 0 aliphatic rings. The second kappa shape index (κ2) is 12.4. The summed E-state index contributed by atoms with van der Waals surface area (Å²) in [4.78, 5) is 0. The Kier molecular flexibility index (Phi) is 12.6. The van der Waals surface area contributed by atoms with Gasteiger partial charge in [0.1, 0.15) is 0 Å². The van der Waals surface area contributed by atoms with Crippen molar-refractivity contribution in [3.63, 3.8) is 0 Å². The summed E-state index contributed by atoms with van der Waals surface area (Å²) in [5.41, 5.74) is 0. The van der Waals surface area contributed by atoms with Gasteiger partial charge in [-0.2, -0.15) is 11.8 Å². The maximum atomic E-state index is 9.50. The molecule has 0 heterocycles. The third-order valence-corrected chi connectivity index (χ3v) is 3.47. The molecule has 0 spiro atoms. The fourth-order valence-corrected chi connectivity index (χ4v) is 2.34. The zero-order valence-corrected chi connectivity index (χ0v) is 11.3. The van der Waals surface area contributed by atoms with E-state index in [1.54, 1.807) is 11.8 Å². The van der Waals surface area contributed by atoms with Crippen molar-refractivity contribution in [3.8, 4) is 0 Å². The molecule has 0 aromatic rings. The molecule has 0 amide bonds. The van der Waals surface area contributed by atoms with E-state index in [4.69, 9.17) is 0 Å². The van der Waals surface area contributed by atoms with Crippen LogP contribution in [0, 0.1) is 0 Å². The van der Waals surface area contributed by atoms with E-state index in [1.807, 2.05) is 0 Å². The Balaban J connectivity index is 2.98. The van der Waals surface area contributed by atoms with Gasteiger partial charge in [-0.05, 0) is 12.7 Å². The van der Waals surface area contributed by atoms with E-state index in [2.05, 4.69) is 13.2 Å². The first-order chi connectivity index (χ1) is 7.31. The summed E-state index contributed by atoms with van der Waals surface area (Å²) in [6.07, 6.45) is 13.8. The summed E-state index contributed by atoms with van der Waals surface area (Å²) in [6.45, 7) is 2.26. The molecule has 1 nitrogen and oxygen atoms in total. The summed E-state index contributed by atoms with van der Waals surface area (Å²) < 4.78 is 0. The lowest BCUT2D eigenvalue weighted by atomic mass is 10.1. The zero-order valence-electron chi connectivity index (χ0n) is 10.5. The maximum absolute atomic E-state index is 9.50. The number of thioether (sulfide) groups is 1. The number of hydrogen-bond acceptors (Lipinski definition) is 2. The largest absolute Gasteiger partial charge is 0.392 e. The van der Waals surface area contributed by atoms with Crippen molar-refractivity contribution in [1.82, 2.24) is 0 Å². The van der Waals surface area contributed by atoms with Crippen molar-refractivity contribution in [2.24, 2.45) is 0 Å². The van der Waals surface area contributed by atoms with Gasteiger partial charge in [0.2, 0.25) is 0 Å². The molecule has 0 saturated carbocycles. The average molecular weight is 232 g/mol. The maximum Gasteiger partial charge on any atom is 0.0630 e. The van der Waals surface area contributed by atoms with Crippen LogP contribution in [0.2, 0.25) is 0 Å². The third-order valence-electron chi connectivity index (χ3n) is 2.75. The molecule has 0 aromatic heterocycles. The topological polar surface area (TPSA) is 20.2 Å². The van der Waals surface area contributed by atoms with Gasteiger partial charge in [-0.15, -0.1) is 0 Å². The molecule has 1 unspecified atom stereocenters. The Morgan fingerprint density at radius 1 is 0.933 bits per heavy atom. The lowest BCUT2D eigenvalue weighted by molar-refractivity contribution is 0.185. The summed E-state index contributed by atoms with van der Waals surface area (Å²) >= 11 is 1.74. The van der Waals surface area contributed by atoms with Crippen LogP contribution in [-0.2, 0) is 0 Å². The molecule has 92 valence electrons. The monoisotopic (exact) mass is 232 g/mol. The highest BCUT2D eigenvalue weighted by Gasteiger charge is 2.01. The molecule has 0 aliphatic heterocycles. The van der Waals surface area contributed by atoms with Crippen LogP contribution < -0.4 is 0 Å². The molecular weight excluding hydrogens is 204 g/mol. The Morgan fingerprint density at radius 2 is 1.47 bits per heavy atom. The summed E-state index contributed by atoms with van der Waals surface area (Å²) in [5, 5.41) is 9.50. The standard InChI is InChI=1S/C13H28OS/c1-3-4-5-6-7-8-9-10-11-13(14)12-15-2/h13-14H,3-12H2,1-2H3. The van der Waals surface area contributed by atoms with Crippen LogP contribution in [-0.4, -0.2) is 23.2 Å². The Labute approximate surface area is 100 Å². The number of aliphatic hydroxyl groups is 1. The second-order valence-electron chi connectivity index (χ2n) is 4.37. The van der Waals surface area contributed by atoms with Crippen molar-refractivity contribution in [1.29, 1.82) is 0 Å². The van der Waals surface area contributed by atoms with E-state index >= 15 is 0 Å². The fraction of sp³-hybridized carbons (Fsp3) is 1.00. The first kappa shape index (κ1) is 15.3. The van der Waals surface area contributed by atoms with Crippen LogP contribution in [0.1, 0.15) is 64.7 Å². The Morgan fingerprint density at radius 3 is 2.00 bits per heavy atom. The molecule has 0 radical (unpaired) electrons. The van der Waals surface area contributed by atoms with Gasteiger partial charge in [-0.3, -0.25) is 0 Å². The van der Waals surface area contributed by atoms with E-state index in [1.165, 1.54) is 51.4 Å². The molecule has 15 heavy (non-hydrogen) atoms. The molecule has 0 aliphatic carbocycles. The predicted octanol–water partition coefficient (Wildman–Crippen LogP) is 4.24. The van der Waals surface area contributed by atoms with E-state index in [0.717, 1.165) is 12.2 Å².